The van der Waals surface area contributed by atoms with E-state index in [-0.39, 0.29) is 82.1 Å². The zero-order valence-electron chi connectivity index (χ0n) is 59.1. The zero-order chi connectivity index (χ0) is 77.4. The minimum Gasteiger partial charge on any atom is -0.480 e. The molecule has 1 heterocycles. The molecule has 24 N–H and O–H groups in total. The maximum Gasteiger partial charge on any atom is 0.328 e. The fraction of sp³-hybridized carbons (Fsp3) is 0.576. The van der Waals surface area contributed by atoms with Crippen LogP contribution in [0.15, 0.2) is 65.7 Å². The number of aliphatic hydroxyl groups is 2. The molecule has 3 rings (SSSR count). The molecule has 14 atom stereocenters. The fourth-order valence-corrected chi connectivity index (χ4v) is 11.1. The van der Waals surface area contributed by atoms with Gasteiger partial charge in [-0.05, 0) is 94.3 Å². The van der Waals surface area contributed by atoms with E-state index in [2.05, 4.69) is 63.5 Å². The summed E-state index contributed by atoms with van der Waals surface area (Å²) in [7, 11) is 0. The number of thioether (sulfide) groups is 1. The number of benzene rings is 2. The summed E-state index contributed by atoms with van der Waals surface area (Å²) in [6, 6.07) is -2.07. The van der Waals surface area contributed by atoms with Crippen molar-refractivity contribution in [1.29, 1.82) is 0 Å². The molecule has 1 aliphatic rings. The van der Waals surface area contributed by atoms with Crippen molar-refractivity contribution in [3.63, 3.8) is 0 Å². The lowest BCUT2D eigenvalue weighted by Gasteiger charge is -2.30. The van der Waals surface area contributed by atoms with E-state index in [9.17, 15) is 87.2 Å². The summed E-state index contributed by atoms with van der Waals surface area (Å²) in [5.41, 5.74) is 29.1. The normalized spacial score (nSPS) is 16.4. The molecule has 37 heteroatoms. The van der Waals surface area contributed by atoms with Gasteiger partial charge in [0.05, 0.1) is 31.6 Å². The highest BCUT2D eigenvalue weighted by Crippen LogP contribution is 2.21. The van der Waals surface area contributed by atoms with Crippen molar-refractivity contribution in [3.05, 3.63) is 71.8 Å². The van der Waals surface area contributed by atoms with Gasteiger partial charge in [0.2, 0.25) is 82.7 Å². The average molecular weight is 1470 g/mol. The Morgan fingerprint density at radius 3 is 1.48 bits per heavy atom. The van der Waals surface area contributed by atoms with Crippen LogP contribution in [0, 0.1) is 11.8 Å². The summed E-state index contributed by atoms with van der Waals surface area (Å²) in [6.07, 6.45) is -1.18. The van der Waals surface area contributed by atoms with Crippen LogP contribution in [0.4, 0.5) is 0 Å². The number of guanidine groups is 1. The highest BCUT2D eigenvalue weighted by Gasteiger charge is 2.42. The molecule has 2 aromatic carbocycles. The molecular formula is C66H102N18O18S. The molecule has 2 aromatic rings. The quantitative estimate of drug-likeness (QED) is 0.0167. The number of carbonyl (C=O) groups is 15. The molecule has 1 aliphatic heterocycles. The second-order valence-corrected chi connectivity index (χ2v) is 26.7. The smallest absolute Gasteiger partial charge is 0.328 e. The molecule has 570 valence electrons. The molecule has 0 aromatic heterocycles. The molecule has 1 fully saturated rings. The van der Waals surface area contributed by atoms with E-state index in [0.29, 0.717) is 11.1 Å². The first kappa shape index (κ1) is 87.2. The molecule has 0 spiro atoms. The summed E-state index contributed by atoms with van der Waals surface area (Å²) < 4.78 is 0. The maximum absolute atomic E-state index is 14.7. The highest BCUT2D eigenvalue weighted by atomic mass is 32.2. The van der Waals surface area contributed by atoms with Gasteiger partial charge in [0.25, 0.3) is 0 Å². The number of aliphatic imine (C=N–C) groups is 1. The van der Waals surface area contributed by atoms with Crippen molar-refractivity contribution in [3.8, 4) is 0 Å². The van der Waals surface area contributed by atoms with Crippen LogP contribution in [-0.4, -0.2) is 231 Å². The minimum absolute atomic E-state index is 0.00712. The molecule has 0 unspecified atom stereocenters. The molecule has 103 heavy (non-hydrogen) atoms. The lowest BCUT2D eigenvalue weighted by atomic mass is 9.99. The third-order valence-corrected chi connectivity index (χ3v) is 16.9. The van der Waals surface area contributed by atoms with Crippen molar-refractivity contribution >= 4 is 106 Å². The number of aliphatic carboxylic acids is 1. The number of hydrogen-bond acceptors (Lipinski definition) is 20. The van der Waals surface area contributed by atoms with E-state index in [4.69, 9.17) is 28.7 Å². The lowest BCUT2D eigenvalue weighted by molar-refractivity contribution is -0.145. The van der Waals surface area contributed by atoms with Crippen molar-refractivity contribution in [1.82, 2.24) is 63.4 Å². The summed E-state index contributed by atoms with van der Waals surface area (Å²) in [4.78, 5) is 208. The molecule has 0 aliphatic carbocycles. The van der Waals surface area contributed by atoms with Gasteiger partial charge >= 0.3 is 5.97 Å². The van der Waals surface area contributed by atoms with Crippen LogP contribution < -0.4 is 87.2 Å². The van der Waals surface area contributed by atoms with E-state index >= 15 is 0 Å². The topological polar surface area (TPSA) is 595 Å². The largest absolute Gasteiger partial charge is 0.480 e. The number of primary amides is 2. The Kier molecular flexibility index (Phi) is 37.0. The van der Waals surface area contributed by atoms with Crippen LogP contribution in [0.2, 0.25) is 0 Å². The Hall–Kier alpha value is -10.0. The molecule has 14 amide bonds. The number of likely N-dealkylation sites (tertiary alicyclic amines) is 1. The second-order valence-electron chi connectivity index (χ2n) is 25.7. The summed E-state index contributed by atoms with van der Waals surface area (Å²) in [5, 5.41) is 57.1. The van der Waals surface area contributed by atoms with Gasteiger partial charge < -0.3 is 107 Å². The molecule has 0 bridgehead atoms. The van der Waals surface area contributed by atoms with E-state index in [1.807, 2.05) is 0 Å². The van der Waals surface area contributed by atoms with Crippen molar-refractivity contribution < 1.29 is 87.2 Å². The molecule has 36 nitrogen and oxygen atoms in total. The van der Waals surface area contributed by atoms with Crippen molar-refractivity contribution in [2.75, 3.05) is 31.7 Å². The summed E-state index contributed by atoms with van der Waals surface area (Å²) in [6.45, 7) is 9.03. The number of amides is 14. The average Bonchev–Trinajstić information content (AvgIpc) is 1.80. The number of nitrogens with two attached hydrogens (primary N) is 5. The number of nitrogens with one attached hydrogen (secondary N) is 11. The van der Waals surface area contributed by atoms with Crippen molar-refractivity contribution in [2.45, 2.75) is 197 Å². The van der Waals surface area contributed by atoms with Gasteiger partial charge in [-0.15, -0.1) is 0 Å². The Labute approximate surface area is 601 Å². The first-order chi connectivity index (χ1) is 48.5. The van der Waals surface area contributed by atoms with Gasteiger partial charge in [-0.1, -0.05) is 88.4 Å². The predicted molar refractivity (Wildman–Crippen MR) is 377 cm³/mol. The summed E-state index contributed by atoms with van der Waals surface area (Å²) in [5.74, 6) is -15.6. The van der Waals surface area contributed by atoms with Gasteiger partial charge in [-0.25, -0.2) is 4.79 Å². The number of carboxylic acids is 1. The van der Waals surface area contributed by atoms with Gasteiger partial charge in [-0.3, -0.25) is 72.1 Å². The fourth-order valence-electron chi connectivity index (χ4n) is 10.6. The monoisotopic (exact) mass is 1470 g/mol. The van der Waals surface area contributed by atoms with E-state index in [1.165, 1.54) is 25.6 Å². The van der Waals surface area contributed by atoms with Crippen LogP contribution in [0.5, 0.6) is 0 Å². The van der Waals surface area contributed by atoms with E-state index in [0.717, 1.165) is 11.8 Å². The van der Waals surface area contributed by atoms with Crippen molar-refractivity contribution in [2.24, 2.45) is 45.5 Å². The maximum atomic E-state index is 14.7. The third-order valence-electron chi connectivity index (χ3n) is 16.2. The Morgan fingerprint density at radius 1 is 0.534 bits per heavy atom. The number of rotatable bonds is 44. The van der Waals surface area contributed by atoms with Crippen LogP contribution in [-0.2, 0) is 84.8 Å². The Morgan fingerprint density at radius 2 is 0.981 bits per heavy atom. The number of aliphatic hydroxyl groups excluding tert-OH is 2. The zero-order valence-corrected chi connectivity index (χ0v) is 59.9. The van der Waals surface area contributed by atoms with Gasteiger partial charge in [-0.2, -0.15) is 11.8 Å². The molecule has 0 saturated carbocycles. The van der Waals surface area contributed by atoms with Gasteiger partial charge in [0.15, 0.2) is 12.0 Å². The Balaban J connectivity index is 1.86. The standard InChI is InChI=1S/C66H102N18O18S/c1-33(2)27-43(58(94)81-47(32-85)61(97)80-46(31-50(69)88)64(100)84-25-16-22-48(84)62(98)74-35(5)53(89)73-36(6)54(90)83-52(37(7)86)65(101)102)79-63(99)51(34(3)4)82-57(93)42(23-26-103-8)76-56(92)41(21-15-24-72-66(70)71)75-59(95)45(29-39-19-13-10-14-20-39)78-60(96)44(28-38-17-11-9-12-18-38)77-55(91)40(67)30-49(68)87/h9-14,17-20,33-37,40-48,51-52,85-86H,15-16,21-32,67H2,1-8H3,(H2,68,87)(H2,69,88)(H,73,89)(H,74,98)(H,75,95)(H,76,92)(H,77,91)(H,78,96)(H,79,99)(H,80,97)(H,81,94)(H,82,93)(H,83,90)(H,101,102)(H4,70,71,72)/t35-,36-,37+,40-,41-,42-,43-,44-,45-,46-,47-,48-,51-,52-/m0/s1. The molecule has 1 saturated heterocycles. The lowest BCUT2D eigenvalue weighted by Crippen LogP contribution is -2.62. The predicted octanol–water partition coefficient (Wildman–Crippen LogP) is -6.12. The highest BCUT2D eigenvalue weighted by molar-refractivity contribution is 7.98. The first-order valence-electron chi connectivity index (χ1n) is 33.6. The SMILES string of the molecule is CSCC[C@H](NC(=O)[C@H](CCCN=C(N)N)NC(=O)[C@H](Cc1ccccc1)NC(=O)[C@H](Cc1ccccc1)NC(=O)[C@@H](N)CC(N)=O)C(=O)N[C@H](C(=O)N[C@@H](CC(C)C)C(=O)N[C@@H](CO)C(=O)N[C@@H](CC(N)=O)C(=O)N1CCC[C@H]1C(=O)N[C@@H](C)C(=O)N[C@@H](C)C(=O)N[C@H](C(=O)O)[C@@H](C)O)C(C)C. The van der Waals surface area contributed by atoms with E-state index in [1.54, 1.807) is 94.6 Å². The van der Waals surface area contributed by atoms with Crippen LogP contribution in [0.1, 0.15) is 111 Å². The number of hydrogen-bond donors (Lipinski definition) is 19. The van der Waals surface area contributed by atoms with Gasteiger partial charge in [0.1, 0.15) is 66.5 Å². The molecular weight excluding hydrogens is 1360 g/mol. The Bertz CT molecular complexity index is 3290. The number of carboxylic acid groups (broad SMARTS) is 1. The van der Waals surface area contributed by atoms with Gasteiger partial charge in [0, 0.05) is 25.9 Å². The first-order valence-corrected chi connectivity index (χ1v) is 35.0. The van der Waals surface area contributed by atoms with E-state index < -0.39 is 199 Å². The van der Waals surface area contributed by atoms with Crippen LogP contribution in [0.3, 0.4) is 0 Å². The van der Waals surface area contributed by atoms with Crippen LogP contribution in [0.25, 0.3) is 0 Å². The second kappa shape index (κ2) is 43.7. The van der Waals surface area contributed by atoms with Crippen LogP contribution >= 0.6 is 11.8 Å². The number of nitrogens with zero attached hydrogens (tertiary/aromatic N) is 2. The molecule has 0 radical (unpaired) electrons. The summed E-state index contributed by atoms with van der Waals surface area (Å²) >= 11 is 1.32. The minimum atomic E-state index is -1.85. The number of carbonyl (C=O) groups excluding carboxylic acids is 14. The third kappa shape index (κ3) is 30.2.